The van der Waals surface area contributed by atoms with E-state index in [2.05, 4.69) is 10.2 Å². The average Bonchev–Trinajstić information content (AvgIpc) is 2.43. The summed E-state index contributed by atoms with van der Waals surface area (Å²) < 4.78 is 0. The van der Waals surface area contributed by atoms with E-state index in [1.54, 1.807) is 19.2 Å². The molecule has 0 spiro atoms. The zero-order valence-corrected chi connectivity index (χ0v) is 12.7. The van der Waals surface area contributed by atoms with E-state index in [1.807, 2.05) is 12.1 Å². The molecule has 2 aromatic rings. The zero-order chi connectivity index (χ0) is 14.7. The van der Waals surface area contributed by atoms with E-state index in [9.17, 15) is 4.79 Å². The standard InChI is InChI=1S/C13H10Cl3N3O/c1-19(7-8-2-4-9(14)5-3-8)13(20)10-6-11(15)17-18-12(10)16/h2-6H,7H2,1H3. The van der Waals surface area contributed by atoms with Crippen molar-refractivity contribution in [2.45, 2.75) is 6.54 Å². The van der Waals surface area contributed by atoms with Crippen LogP contribution in [0.1, 0.15) is 15.9 Å². The summed E-state index contributed by atoms with van der Waals surface area (Å²) in [5, 5.41) is 7.99. The van der Waals surface area contributed by atoms with Crippen LogP contribution in [-0.4, -0.2) is 28.1 Å². The van der Waals surface area contributed by atoms with Gasteiger partial charge in [-0.3, -0.25) is 4.79 Å². The summed E-state index contributed by atoms with van der Waals surface area (Å²) in [5.74, 6) is -0.276. The average molecular weight is 331 g/mol. The number of amides is 1. The van der Waals surface area contributed by atoms with E-state index in [4.69, 9.17) is 34.8 Å². The maximum atomic E-state index is 12.3. The number of aromatic nitrogens is 2. The molecule has 7 heteroatoms. The lowest BCUT2D eigenvalue weighted by molar-refractivity contribution is 0.0784. The molecule has 0 saturated carbocycles. The molecule has 0 bridgehead atoms. The Hall–Kier alpha value is -1.36. The van der Waals surface area contributed by atoms with Crippen LogP contribution in [0.4, 0.5) is 0 Å². The maximum Gasteiger partial charge on any atom is 0.257 e. The number of carbonyl (C=O) groups is 1. The first-order valence-corrected chi connectivity index (χ1v) is 6.79. The maximum absolute atomic E-state index is 12.3. The van der Waals surface area contributed by atoms with Crippen LogP contribution in [0.15, 0.2) is 30.3 Å². The summed E-state index contributed by atoms with van der Waals surface area (Å²) in [6, 6.07) is 8.65. The summed E-state index contributed by atoms with van der Waals surface area (Å²) in [4.78, 5) is 13.8. The van der Waals surface area contributed by atoms with E-state index in [0.29, 0.717) is 11.6 Å². The van der Waals surface area contributed by atoms with Gasteiger partial charge in [-0.25, -0.2) is 0 Å². The Bertz CT molecular complexity index is 631. The van der Waals surface area contributed by atoms with Crippen LogP contribution < -0.4 is 0 Å². The van der Waals surface area contributed by atoms with Gasteiger partial charge in [0.05, 0.1) is 5.56 Å². The Kier molecular flexibility index (Phi) is 4.81. The number of rotatable bonds is 3. The quantitative estimate of drug-likeness (QED) is 0.862. The Morgan fingerprint density at radius 1 is 1.15 bits per heavy atom. The number of benzene rings is 1. The molecule has 0 N–H and O–H groups in total. The molecule has 0 atom stereocenters. The second kappa shape index (κ2) is 6.39. The lowest BCUT2D eigenvalue weighted by Gasteiger charge is -2.17. The second-order valence-corrected chi connectivity index (χ2v) is 5.34. The summed E-state index contributed by atoms with van der Waals surface area (Å²) >= 11 is 17.4. The second-order valence-electron chi connectivity index (χ2n) is 4.16. The molecule has 0 aliphatic carbocycles. The fraction of sp³-hybridized carbons (Fsp3) is 0.154. The van der Waals surface area contributed by atoms with Crippen molar-refractivity contribution in [3.05, 3.63) is 56.8 Å². The van der Waals surface area contributed by atoms with Gasteiger partial charge in [0, 0.05) is 18.6 Å². The van der Waals surface area contributed by atoms with Gasteiger partial charge < -0.3 is 4.90 Å². The molecule has 1 heterocycles. The van der Waals surface area contributed by atoms with E-state index >= 15 is 0 Å². The van der Waals surface area contributed by atoms with Crippen LogP contribution in [0.2, 0.25) is 15.3 Å². The summed E-state index contributed by atoms with van der Waals surface area (Å²) in [6.07, 6.45) is 0. The minimum atomic E-state index is -0.276. The molecule has 0 radical (unpaired) electrons. The highest BCUT2D eigenvalue weighted by Gasteiger charge is 2.17. The molecule has 104 valence electrons. The third kappa shape index (κ3) is 3.60. The fourth-order valence-electron chi connectivity index (χ4n) is 1.64. The fourth-order valence-corrected chi connectivity index (χ4v) is 2.09. The number of hydrogen-bond donors (Lipinski definition) is 0. The van der Waals surface area contributed by atoms with E-state index < -0.39 is 0 Å². The number of carbonyl (C=O) groups excluding carboxylic acids is 1. The van der Waals surface area contributed by atoms with Crippen LogP contribution in [0.5, 0.6) is 0 Å². The topological polar surface area (TPSA) is 46.1 Å². The first-order valence-electron chi connectivity index (χ1n) is 5.66. The van der Waals surface area contributed by atoms with Gasteiger partial charge in [0.1, 0.15) is 0 Å². The summed E-state index contributed by atoms with van der Waals surface area (Å²) in [7, 11) is 1.67. The van der Waals surface area contributed by atoms with Crippen LogP contribution in [0.3, 0.4) is 0 Å². The van der Waals surface area contributed by atoms with Gasteiger partial charge in [-0.1, -0.05) is 46.9 Å². The van der Waals surface area contributed by atoms with Gasteiger partial charge >= 0.3 is 0 Å². The summed E-state index contributed by atoms with van der Waals surface area (Å²) in [6.45, 7) is 0.423. The molecule has 0 saturated heterocycles. The Morgan fingerprint density at radius 2 is 1.80 bits per heavy atom. The highest BCUT2D eigenvalue weighted by atomic mass is 35.5. The van der Waals surface area contributed by atoms with E-state index in [-0.39, 0.29) is 21.8 Å². The van der Waals surface area contributed by atoms with Gasteiger partial charge in [0.15, 0.2) is 10.3 Å². The normalized spacial score (nSPS) is 10.4. The number of halogens is 3. The first kappa shape index (κ1) is 15.0. The predicted molar refractivity (Wildman–Crippen MR) is 79.3 cm³/mol. The van der Waals surface area contributed by atoms with Crippen molar-refractivity contribution in [3.63, 3.8) is 0 Å². The number of hydrogen-bond acceptors (Lipinski definition) is 3. The molecule has 0 aliphatic rings. The number of nitrogens with zero attached hydrogens (tertiary/aromatic N) is 3. The molecule has 0 fully saturated rings. The molecule has 2 rings (SSSR count). The van der Waals surface area contributed by atoms with Crippen molar-refractivity contribution in [1.82, 2.24) is 15.1 Å². The molecule has 1 amide bonds. The van der Waals surface area contributed by atoms with Crippen molar-refractivity contribution < 1.29 is 4.79 Å². The molecule has 0 aliphatic heterocycles. The van der Waals surface area contributed by atoms with Crippen molar-refractivity contribution in [2.75, 3.05) is 7.05 Å². The SMILES string of the molecule is CN(Cc1ccc(Cl)cc1)C(=O)c1cc(Cl)nnc1Cl. The lowest BCUT2D eigenvalue weighted by atomic mass is 10.2. The molecule has 1 aromatic carbocycles. The molecule has 4 nitrogen and oxygen atoms in total. The Labute approximate surface area is 131 Å². The smallest absolute Gasteiger partial charge is 0.257 e. The van der Waals surface area contributed by atoms with E-state index in [0.717, 1.165) is 5.56 Å². The Balaban J connectivity index is 2.16. The van der Waals surface area contributed by atoms with Gasteiger partial charge in [-0.05, 0) is 23.8 Å². The third-order valence-electron chi connectivity index (χ3n) is 2.63. The van der Waals surface area contributed by atoms with Crippen LogP contribution >= 0.6 is 34.8 Å². The van der Waals surface area contributed by atoms with Crippen molar-refractivity contribution >= 4 is 40.7 Å². The first-order chi connectivity index (χ1) is 9.47. The van der Waals surface area contributed by atoms with Gasteiger partial charge in [0.2, 0.25) is 0 Å². The molecular formula is C13H10Cl3N3O. The van der Waals surface area contributed by atoms with Crippen molar-refractivity contribution in [2.24, 2.45) is 0 Å². The molecule has 20 heavy (non-hydrogen) atoms. The largest absolute Gasteiger partial charge is 0.337 e. The monoisotopic (exact) mass is 329 g/mol. The van der Waals surface area contributed by atoms with Crippen LogP contribution in [-0.2, 0) is 6.54 Å². The van der Waals surface area contributed by atoms with Gasteiger partial charge in [-0.2, -0.15) is 0 Å². The summed E-state index contributed by atoms with van der Waals surface area (Å²) in [5.41, 5.74) is 1.18. The predicted octanol–water partition coefficient (Wildman–Crippen LogP) is 3.71. The van der Waals surface area contributed by atoms with Gasteiger partial charge in [0.25, 0.3) is 5.91 Å². The lowest BCUT2D eigenvalue weighted by Crippen LogP contribution is -2.26. The molecule has 1 aromatic heterocycles. The highest BCUT2D eigenvalue weighted by Crippen LogP contribution is 2.18. The Morgan fingerprint density at radius 3 is 2.45 bits per heavy atom. The van der Waals surface area contributed by atoms with Crippen LogP contribution in [0.25, 0.3) is 0 Å². The van der Waals surface area contributed by atoms with Crippen molar-refractivity contribution in [3.8, 4) is 0 Å². The minimum Gasteiger partial charge on any atom is -0.337 e. The van der Waals surface area contributed by atoms with Gasteiger partial charge in [-0.15, -0.1) is 10.2 Å². The van der Waals surface area contributed by atoms with Crippen LogP contribution in [0, 0.1) is 0 Å². The molecular weight excluding hydrogens is 321 g/mol. The van der Waals surface area contributed by atoms with E-state index in [1.165, 1.54) is 11.0 Å². The molecule has 0 unspecified atom stereocenters. The highest BCUT2D eigenvalue weighted by molar-refractivity contribution is 6.34. The van der Waals surface area contributed by atoms with Crippen molar-refractivity contribution in [1.29, 1.82) is 0 Å². The zero-order valence-electron chi connectivity index (χ0n) is 10.5. The minimum absolute atomic E-state index is 0.0300. The third-order valence-corrected chi connectivity index (χ3v) is 3.34.